The van der Waals surface area contributed by atoms with Crippen molar-refractivity contribution in [3.05, 3.63) is 42.2 Å². The lowest BCUT2D eigenvalue weighted by Crippen LogP contribution is -2.09. The maximum Gasteiger partial charge on any atom is 0.319 e. The molecule has 1 atom stereocenters. The van der Waals surface area contributed by atoms with Gasteiger partial charge in [0.05, 0.1) is 6.54 Å². The topological polar surface area (TPSA) is 48.8 Å². The summed E-state index contributed by atoms with van der Waals surface area (Å²) >= 11 is 0. The number of nitrogens with two attached hydrogens (primary N) is 1. The Kier molecular flexibility index (Phi) is 3.76. The van der Waals surface area contributed by atoms with Crippen LogP contribution in [0.25, 0.3) is 0 Å². The van der Waals surface area contributed by atoms with Gasteiger partial charge >= 0.3 is 6.55 Å². The molecule has 4 nitrogen and oxygen atoms in total. The fourth-order valence-electron chi connectivity index (χ4n) is 1.82. The van der Waals surface area contributed by atoms with E-state index in [1.165, 1.54) is 12.4 Å². The number of aromatic nitrogens is 3. The number of halogens is 2. The lowest BCUT2D eigenvalue weighted by atomic mass is 10.1. The first-order valence-electron chi connectivity index (χ1n) is 5.83. The smallest absolute Gasteiger partial charge is 0.319 e. The third-order valence-electron chi connectivity index (χ3n) is 2.92. The van der Waals surface area contributed by atoms with Crippen LogP contribution in [-0.2, 0) is 6.54 Å². The molecule has 0 aromatic carbocycles. The van der Waals surface area contributed by atoms with Crippen LogP contribution in [0, 0.1) is 0 Å². The van der Waals surface area contributed by atoms with Crippen LogP contribution in [-0.4, -0.2) is 14.1 Å². The minimum absolute atomic E-state index is 0.0129. The van der Waals surface area contributed by atoms with Crippen LogP contribution in [0.2, 0.25) is 0 Å². The average molecular weight is 254 g/mol. The number of nitrogens with zero attached hydrogens (tertiary/aromatic N) is 3. The lowest BCUT2D eigenvalue weighted by Gasteiger charge is -2.08. The molecule has 1 unspecified atom stereocenters. The molecule has 0 spiro atoms. The van der Waals surface area contributed by atoms with Crippen LogP contribution in [0.1, 0.15) is 37.3 Å². The molecule has 18 heavy (non-hydrogen) atoms. The van der Waals surface area contributed by atoms with E-state index in [2.05, 4.69) is 4.98 Å². The second-order valence-corrected chi connectivity index (χ2v) is 4.16. The Balaban J connectivity index is 2.14. The SMILES string of the molecule is CCC(N)c1ccn(Cc2nccn2C(F)F)c1. The predicted molar refractivity (Wildman–Crippen MR) is 64.2 cm³/mol. The van der Waals surface area contributed by atoms with E-state index in [1.54, 1.807) is 0 Å². The van der Waals surface area contributed by atoms with E-state index in [1.807, 2.05) is 30.0 Å². The summed E-state index contributed by atoms with van der Waals surface area (Å²) in [4.78, 5) is 3.94. The third-order valence-corrected chi connectivity index (χ3v) is 2.92. The van der Waals surface area contributed by atoms with Crippen molar-refractivity contribution in [1.82, 2.24) is 14.1 Å². The van der Waals surface area contributed by atoms with Gasteiger partial charge < -0.3 is 10.3 Å². The molecular formula is C12H16F2N4. The Morgan fingerprint density at radius 1 is 1.39 bits per heavy atom. The largest absolute Gasteiger partial charge is 0.346 e. The highest BCUT2D eigenvalue weighted by Crippen LogP contribution is 2.16. The predicted octanol–water partition coefficient (Wildman–Crippen LogP) is 2.54. The maximum absolute atomic E-state index is 12.6. The first kappa shape index (κ1) is 12.8. The normalized spacial score (nSPS) is 13.2. The number of hydrogen-bond donors (Lipinski definition) is 1. The molecule has 0 bridgehead atoms. The number of imidazole rings is 1. The van der Waals surface area contributed by atoms with Crippen LogP contribution >= 0.6 is 0 Å². The van der Waals surface area contributed by atoms with Crippen LogP contribution in [0.5, 0.6) is 0 Å². The van der Waals surface area contributed by atoms with Crippen LogP contribution in [0.3, 0.4) is 0 Å². The molecule has 0 saturated carbocycles. The van der Waals surface area contributed by atoms with Gasteiger partial charge in [-0.15, -0.1) is 0 Å². The van der Waals surface area contributed by atoms with Crippen molar-refractivity contribution in [2.45, 2.75) is 32.5 Å². The van der Waals surface area contributed by atoms with Gasteiger partial charge in [0.25, 0.3) is 0 Å². The van der Waals surface area contributed by atoms with E-state index in [0.717, 1.165) is 16.6 Å². The second kappa shape index (κ2) is 5.30. The standard InChI is InChI=1S/C12H16F2N4/c1-2-10(15)9-3-5-17(7-9)8-11-16-4-6-18(11)12(13)14/h3-7,10,12H,2,8,15H2,1H3. The number of hydrogen-bond acceptors (Lipinski definition) is 2. The van der Waals surface area contributed by atoms with Gasteiger partial charge in [-0.3, -0.25) is 4.57 Å². The lowest BCUT2D eigenvalue weighted by molar-refractivity contribution is 0.0667. The number of alkyl halides is 2. The highest BCUT2D eigenvalue weighted by molar-refractivity contribution is 5.15. The van der Waals surface area contributed by atoms with Gasteiger partial charge in [-0.1, -0.05) is 6.92 Å². The van der Waals surface area contributed by atoms with Crippen LogP contribution < -0.4 is 5.73 Å². The fourth-order valence-corrected chi connectivity index (χ4v) is 1.82. The summed E-state index contributed by atoms with van der Waals surface area (Å²) in [5.74, 6) is 0.331. The van der Waals surface area contributed by atoms with E-state index in [4.69, 9.17) is 5.73 Å². The summed E-state index contributed by atoms with van der Waals surface area (Å²) in [6.07, 6.45) is 7.20. The quantitative estimate of drug-likeness (QED) is 0.891. The molecule has 2 heterocycles. The van der Waals surface area contributed by atoms with Crippen molar-refractivity contribution in [1.29, 1.82) is 0 Å². The zero-order valence-electron chi connectivity index (χ0n) is 10.1. The van der Waals surface area contributed by atoms with Crippen molar-refractivity contribution >= 4 is 0 Å². The molecule has 2 N–H and O–H groups in total. The first-order valence-corrected chi connectivity index (χ1v) is 5.83. The van der Waals surface area contributed by atoms with Gasteiger partial charge in [0.15, 0.2) is 0 Å². The van der Waals surface area contributed by atoms with Gasteiger partial charge in [-0.05, 0) is 18.1 Å². The molecule has 6 heteroatoms. The summed E-state index contributed by atoms with van der Waals surface area (Å²) in [6.45, 7) is -0.241. The molecule has 2 aromatic rings. The molecule has 0 fully saturated rings. The summed E-state index contributed by atoms with van der Waals surface area (Å²) < 4.78 is 28.0. The van der Waals surface area contributed by atoms with Gasteiger partial charge in [-0.25, -0.2) is 4.98 Å². The van der Waals surface area contributed by atoms with E-state index < -0.39 is 6.55 Å². The minimum Gasteiger partial charge on any atom is -0.346 e. The van der Waals surface area contributed by atoms with E-state index >= 15 is 0 Å². The molecule has 0 radical (unpaired) electrons. The Labute approximate surface area is 104 Å². The van der Waals surface area contributed by atoms with Crippen molar-refractivity contribution in [2.75, 3.05) is 0 Å². The highest BCUT2D eigenvalue weighted by Gasteiger charge is 2.12. The van der Waals surface area contributed by atoms with Crippen molar-refractivity contribution < 1.29 is 8.78 Å². The minimum atomic E-state index is -2.56. The Hall–Kier alpha value is -1.69. The maximum atomic E-state index is 12.6. The van der Waals surface area contributed by atoms with Crippen molar-refractivity contribution in [3.63, 3.8) is 0 Å². The zero-order chi connectivity index (χ0) is 13.1. The van der Waals surface area contributed by atoms with E-state index in [-0.39, 0.29) is 6.04 Å². The van der Waals surface area contributed by atoms with Crippen LogP contribution in [0.15, 0.2) is 30.9 Å². The molecule has 0 saturated heterocycles. The molecule has 98 valence electrons. The zero-order valence-corrected chi connectivity index (χ0v) is 10.1. The number of rotatable bonds is 5. The van der Waals surface area contributed by atoms with Gasteiger partial charge in [0.1, 0.15) is 5.82 Å². The molecule has 0 aliphatic heterocycles. The Morgan fingerprint density at radius 2 is 2.17 bits per heavy atom. The van der Waals surface area contributed by atoms with E-state index in [9.17, 15) is 8.78 Å². The molecule has 2 aromatic heterocycles. The molecule has 0 aliphatic carbocycles. The van der Waals surface area contributed by atoms with E-state index in [0.29, 0.717) is 12.4 Å². The molecule has 0 aliphatic rings. The molecular weight excluding hydrogens is 238 g/mol. The Morgan fingerprint density at radius 3 is 2.83 bits per heavy atom. The first-order chi connectivity index (χ1) is 8.61. The summed E-state index contributed by atoms with van der Waals surface area (Å²) in [5, 5.41) is 0. The van der Waals surface area contributed by atoms with Gasteiger partial charge in [-0.2, -0.15) is 8.78 Å². The monoisotopic (exact) mass is 254 g/mol. The average Bonchev–Trinajstić information content (AvgIpc) is 2.97. The third kappa shape index (κ3) is 2.59. The summed E-state index contributed by atoms with van der Waals surface area (Å²) in [5.41, 5.74) is 6.91. The van der Waals surface area contributed by atoms with Crippen molar-refractivity contribution in [3.8, 4) is 0 Å². The van der Waals surface area contributed by atoms with Gasteiger partial charge in [0, 0.05) is 30.8 Å². The summed E-state index contributed by atoms with van der Waals surface area (Å²) in [6, 6.07) is 1.89. The fraction of sp³-hybridized carbons (Fsp3) is 0.417. The molecule has 2 rings (SSSR count). The van der Waals surface area contributed by atoms with Crippen molar-refractivity contribution in [2.24, 2.45) is 5.73 Å². The Bertz CT molecular complexity index is 504. The molecule has 0 amide bonds. The van der Waals surface area contributed by atoms with Crippen LogP contribution in [0.4, 0.5) is 8.78 Å². The second-order valence-electron chi connectivity index (χ2n) is 4.16. The highest BCUT2D eigenvalue weighted by atomic mass is 19.3. The van der Waals surface area contributed by atoms with Gasteiger partial charge in [0.2, 0.25) is 0 Å². The summed E-state index contributed by atoms with van der Waals surface area (Å²) in [7, 11) is 0.